The average Bonchev–Trinajstić information content (AvgIpc) is 2.78. The lowest BCUT2D eigenvalue weighted by atomic mass is 10.2. The first-order valence-electron chi connectivity index (χ1n) is 10.4. The molecule has 34 heavy (non-hydrogen) atoms. The molecule has 2 rings (SSSR count). The number of nitrogens with one attached hydrogen (secondary N) is 3. The topological polar surface area (TPSA) is 231 Å². The fourth-order valence-electron chi connectivity index (χ4n) is 2.65. The zero-order valence-corrected chi connectivity index (χ0v) is 19.9. The molecule has 0 fully saturated rings. The van der Waals surface area contributed by atoms with Gasteiger partial charge in [0.25, 0.3) is 0 Å². The lowest BCUT2D eigenvalue weighted by Crippen LogP contribution is -2.33. The van der Waals surface area contributed by atoms with Crippen molar-refractivity contribution in [3.05, 3.63) is 29.8 Å². The Morgan fingerprint density at radius 1 is 1.03 bits per heavy atom. The van der Waals surface area contributed by atoms with Gasteiger partial charge in [-0.1, -0.05) is 12.1 Å². The maximum Gasteiger partial charge on any atom is 0.233 e. The van der Waals surface area contributed by atoms with E-state index in [4.69, 9.17) is 0 Å². The van der Waals surface area contributed by atoms with Crippen LogP contribution in [0.5, 0.6) is 0 Å². The standard InChI is InChI=1S/C19H33N7O6S.H2O/c1-3-33(31,32)20-9-10-26(2)19-24-17(21-14-6-4-13(5-7-14)16(29)30)23-18(25-19)22-15(12-28)8-11-27;/h4-7,15-16,20,27-32H,3,8-12H2,1-2H3,(H2,21,22,23,24,25);1H2. The Labute approximate surface area is 199 Å². The maximum atomic E-state index is 9.76. The van der Waals surface area contributed by atoms with Gasteiger partial charge in [0.1, 0.15) is 0 Å². The number of hydrogen-bond acceptors (Lipinski definition) is 13. The minimum Gasteiger partial charge on any atom is -0.412 e. The van der Waals surface area contributed by atoms with Gasteiger partial charge in [0.05, 0.1) is 12.6 Å². The number of rotatable bonds is 14. The van der Waals surface area contributed by atoms with Crippen molar-refractivity contribution in [1.29, 1.82) is 0 Å². The van der Waals surface area contributed by atoms with Gasteiger partial charge < -0.3 is 41.4 Å². The molecule has 0 radical (unpaired) electrons. The van der Waals surface area contributed by atoms with Crippen LogP contribution in [0.4, 0.5) is 23.5 Å². The largest absolute Gasteiger partial charge is 0.412 e. The molecule has 0 saturated carbocycles. The van der Waals surface area contributed by atoms with E-state index in [2.05, 4.69) is 30.3 Å². The fraction of sp³-hybridized carbons (Fsp3) is 0.526. The molecule has 0 saturated heterocycles. The number of nitrogens with zero attached hydrogens (tertiary/aromatic N) is 4. The van der Waals surface area contributed by atoms with Crippen LogP contribution in [-0.4, -0.2) is 95.1 Å². The summed E-state index contributed by atoms with van der Waals surface area (Å²) in [7, 11) is -1.10. The molecule has 1 atom stereocenters. The van der Waals surface area contributed by atoms with Crippen LogP contribution in [0.1, 0.15) is 25.2 Å². The molecule has 0 aliphatic heterocycles. The number of hydrogen-bond donors (Lipinski definition) is 9. The predicted octanol–water partition coefficient (Wildman–Crippen LogP) is -0.360. The van der Waals surface area contributed by atoms with E-state index in [1.165, 1.54) is 0 Å². The molecular formula is C19H35N7O7S. The van der Waals surface area contributed by atoms with Crippen molar-refractivity contribution in [2.45, 2.75) is 25.7 Å². The zero-order valence-electron chi connectivity index (χ0n) is 19.1. The van der Waals surface area contributed by atoms with Gasteiger partial charge in [0.2, 0.25) is 17.8 Å². The van der Waals surface area contributed by atoms with E-state index in [0.29, 0.717) is 24.2 Å². The Bertz CT molecular complexity index is 861. The third-order valence-electron chi connectivity index (χ3n) is 4.64. The first-order valence-corrected chi connectivity index (χ1v) is 12.1. The summed E-state index contributed by atoms with van der Waals surface area (Å²) in [4.78, 5) is 14.8. The van der Waals surface area contributed by atoms with Gasteiger partial charge in [-0.25, -0.2) is 4.72 Å². The van der Waals surface area contributed by atoms with E-state index in [1.807, 2.05) is 0 Å². The van der Waals surface area contributed by atoms with Crippen LogP contribution in [0.15, 0.2) is 24.3 Å². The number of benzene rings is 1. The molecule has 15 heteroatoms. The highest BCUT2D eigenvalue weighted by atomic mass is 32.3. The Hall–Kier alpha value is -2.34. The van der Waals surface area contributed by atoms with Gasteiger partial charge >= 0.3 is 0 Å². The number of likely N-dealkylation sites (N-methyl/N-ethyl adjacent to an activating group) is 1. The molecule has 0 spiro atoms. The Kier molecular flexibility index (Phi) is 12.4. The van der Waals surface area contributed by atoms with Crippen LogP contribution in [0, 0.1) is 0 Å². The second kappa shape index (κ2) is 14.1. The number of anilines is 4. The molecule has 14 nitrogen and oxygen atoms in total. The molecule has 0 bridgehead atoms. The maximum absolute atomic E-state index is 9.76. The molecule has 1 aromatic carbocycles. The molecule has 1 aromatic heterocycles. The normalized spacial score (nSPS) is 12.7. The van der Waals surface area contributed by atoms with Crippen LogP contribution in [0.2, 0.25) is 0 Å². The Balaban J connectivity index is 0.00000578. The number of aromatic nitrogens is 3. The van der Waals surface area contributed by atoms with Gasteiger partial charge in [-0.2, -0.15) is 15.0 Å². The molecule has 194 valence electrons. The molecule has 0 amide bonds. The van der Waals surface area contributed by atoms with Crippen molar-refractivity contribution in [3.8, 4) is 0 Å². The highest BCUT2D eigenvalue weighted by Crippen LogP contribution is 2.31. The second-order valence-electron chi connectivity index (χ2n) is 7.21. The van der Waals surface area contributed by atoms with Crippen molar-refractivity contribution in [3.63, 3.8) is 0 Å². The number of aliphatic hydroxyl groups is 4. The summed E-state index contributed by atoms with van der Waals surface area (Å²) in [5.41, 5.74) is 0.928. The monoisotopic (exact) mass is 505 g/mol. The zero-order chi connectivity index (χ0) is 24.4. The molecule has 2 aromatic rings. The van der Waals surface area contributed by atoms with Gasteiger partial charge in [0, 0.05) is 43.7 Å². The highest BCUT2D eigenvalue weighted by Gasteiger charge is 2.15. The number of aliphatic hydroxyl groups excluding tert-OH is 3. The molecule has 0 aliphatic carbocycles. The van der Waals surface area contributed by atoms with Crippen LogP contribution < -0.4 is 20.3 Å². The van der Waals surface area contributed by atoms with Crippen molar-refractivity contribution >= 4 is 34.3 Å². The molecule has 11 N–H and O–H groups in total. The third-order valence-corrected chi connectivity index (χ3v) is 6.12. The summed E-state index contributed by atoms with van der Waals surface area (Å²) in [6.45, 7) is 1.95. The third kappa shape index (κ3) is 9.49. The van der Waals surface area contributed by atoms with Crippen molar-refractivity contribution in [2.24, 2.45) is 0 Å². The van der Waals surface area contributed by atoms with Crippen LogP contribution in [0.25, 0.3) is 0 Å². The Morgan fingerprint density at radius 3 is 2.24 bits per heavy atom. The van der Waals surface area contributed by atoms with E-state index in [1.54, 1.807) is 43.1 Å². The van der Waals surface area contributed by atoms with E-state index in [9.17, 15) is 29.5 Å². The smallest absolute Gasteiger partial charge is 0.233 e. The van der Waals surface area contributed by atoms with E-state index in [0.717, 1.165) is 0 Å². The molecule has 1 unspecified atom stereocenters. The molecular weight excluding hydrogens is 470 g/mol. The molecule has 0 aliphatic rings. The van der Waals surface area contributed by atoms with Crippen LogP contribution in [0.3, 0.4) is 0 Å². The summed E-state index contributed by atoms with van der Waals surface area (Å²) in [5, 5.41) is 43.2. The van der Waals surface area contributed by atoms with E-state index < -0.39 is 23.1 Å². The van der Waals surface area contributed by atoms with E-state index in [-0.39, 0.29) is 48.8 Å². The van der Waals surface area contributed by atoms with Gasteiger partial charge in [-0.15, -0.1) is 10.8 Å². The summed E-state index contributed by atoms with van der Waals surface area (Å²) >= 11 is 0. The summed E-state index contributed by atoms with van der Waals surface area (Å²) < 4.78 is 22.2. The van der Waals surface area contributed by atoms with Crippen LogP contribution in [-0.2, 0) is 0 Å². The quantitative estimate of drug-likeness (QED) is 0.149. The summed E-state index contributed by atoms with van der Waals surface area (Å²) in [6, 6.07) is 5.89. The molecule has 1 heterocycles. The second-order valence-corrected chi connectivity index (χ2v) is 9.41. The highest BCUT2D eigenvalue weighted by molar-refractivity contribution is 8.22. The van der Waals surface area contributed by atoms with Crippen molar-refractivity contribution in [1.82, 2.24) is 19.7 Å². The van der Waals surface area contributed by atoms with Crippen molar-refractivity contribution < 1.29 is 35.0 Å². The lowest BCUT2D eigenvalue weighted by Gasteiger charge is -2.32. The van der Waals surface area contributed by atoms with Crippen molar-refractivity contribution in [2.75, 3.05) is 54.6 Å². The minimum atomic E-state index is -2.83. The fourth-order valence-corrected chi connectivity index (χ4v) is 3.27. The Morgan fingerprint density at radius 2 is 1.68 bits per heavy atom. The SMILES string of the molecule is CCS(O)(O)NCCN(C)c1nc(Nc2ccc(C(O)O)cc2)nc(NC(CO)CCO)n1.O. The first kappa shape index (κ1) is 29.7. The van der Waals surface area contributed by atoms with Gasteiger partial charge in [0.15, 0.2) is 6.29 Å². The van der Waals surface area contributed by atoms with Crippen LogP contribution >= 0.6 is 10.8 Å². The van der Waals surface area contributed by atoms with E-state index >= 15 is 0 Å². The minimum absolute atomic E-state index is 0. The van der Waals surface area contributed by atoms with Gasteiger partial charge in [-0.05, 0) is 25.5 Å². The lowest BCUT2D eigenvalue weighted by molar-refractivity contribution is -0.0424. The first-order chi connectivity index (χ1) is 15.7. The summed E-state index contributed by atoms with van der Waals surface area (Å²) in [5.74, 6) is 0.852. The van der Waals surface area contributed by atoms with Gasteiger partial charge in [-0.3, -0.25) is 9.11 Å². The summed E-state index contributed by atoms with van der Waals surface area (Å²) in [6.07, 6.45) is -1.28. The predicted molar refractivity (Wildman–Crippen MR) is 131 cm³/mol. The average molecular weight is 506 g/mol.